The van der Waals surface area contributed by atoms with Gasteiger partial charge in [0.05, 0.1) is 12.7 Å². The van der Waals surface area contributed by atoms with Crippen LogP contribution in [0.25, 0.3) is 0 Å². The fourth-order valence-electron chi connectivity index (χ4n) is 1.85. The van der Waals surface area contributed by atoms with E-state index in [0.29, 0.717) is 19.2 Å². The first-order valence-corrected chi connectivity index (χ1v) is 8.10. The van der Waals surface area contributed by atoms with Crippen LogP contribution in [0.2, 0.25) is 0 Å². The van der Waals surface area contributed by atoms with Gasteiger partial charge in [-0.15, -0.1) is 0 Å². The van der Waals surface area contributed by atoms with Crippen molar-refractivity contribution in [3.05, 3.63) is 0 Å². The van der Waals surface area contributed by atoms with E-state index in [-0.39, 0.29) is 0 Å². The highest BCUT2D eigenvalue weighted by atomic mass is 16.5. The van der Waals surface area contributed by atoms with Gasteiger partial charge in [0.25, 0.3) is 0 Å². The van der Waals surface area contributed by atoms with Crippen LogP contribution in [-0.4, -0.2) is 62.0 Å². The number of rotatable bonds is 13. The van der Waals surface area contributed by atoms with Crippen molar-refractivity contribution in [3.63, 3.8) is 0 Å². The van der Waals surface area contributed by atoms with E-state index < -0.39 is 6.10 Å². The second-order valence-electron chi connectivity index (χ2n) is 6.40. The van der Waals surface area contributed by atoms with E-state index >= 15 is 0 Å². The molecule has 0 amide bonds. The molecule has 2 N–H and O–H groups in total. The van der Waals surface area contributed by atoms with Gasteiger partial charge in [0.1, 0.15) is 0 Å². The minimum Gasteiger partial charge on any atom is -0.389 e. The van der Waals surface area contributed by atoms with Crippen LogP contribution >= 0.6 is 0 Å². The predicted octanol–water partition coefficient (Wildman–Crippen LogP) is 2.12. The molecule has 0 aliphatic rings. The Bertz CT molecular complexity index is 211. The summed E-state index contributed by atoms with van der Waals surface area (Å²) < 4.78 is 5.47. The van der Waals surface area contributed by atoms with Gasteiger partial charge in [-0.1, -0.05) is 13.8 Å². The summed E-state index contributed by atoms with van der Waals surface area (Å²) in [5.41, 5.74) is 0. The molecule has 0 heterocycles. The minimum absolute atomic E-state index is 0.392. The Morgan fingerprint density at radius 2 is 1.85 bits per heavy atom. The third-order valence-corrected chi connectivity index (χ3v) is 3.51. The zero-order valence-corrected chi connectivity index (χ0v) is 14.2. The maximum Gasteiger partial charge on any atom is 0.0897 e. The van der Waals surface area contributed by atoms with Crippen molar-refractivity contribution in [3.8, 4) is 0 Å². The third-order valence-electron chi connectivity index (χ3n) is 3.51. The monoisotopic (exact) mass is 288 g/mol. The zero-order valence-electron chi connectivity index (χ0n) is 14.2. The Kier molecular flexibility index (Phi) is 12.5. The molecule has 0 fully saturated rings. The average Bonchev–Trinajstić information content (AvgIpc) is 2.37. The van der Waals surface area contributed by atoms with Crippen LogP contribution in [-0.2, 0) is 4.74 Å². The van der Waals surface area contributed by atoms with Crippen LogP contribution in [0.4, 0.5) is 0 Å². The molecule has 4 heteroatoms. The summed E-state index contributed by atoms with van der Waals surface area (Å²) in [4.78, 5) is 2.33. The molecule has 0 bridgehead atoms. The Morgan fingerprint density at radius 3 is 2.45 bits per heavy atom. The molecule has 4 nitrogen and oxygen atoms in total. The van der Waals surface area contributed by atoms with Crippen LogP contribution in [0.15, 0.2) is 0 Å². The first kappa shape index (κ1) is 19.8. The quantitative estimate of drug-likeness (QED) is 0.510. The van der Waals surface area contributed by atoms with Crippen molar-refractivity contribution in [1.29, 1.82) is 0 Å². The molecule has 0 aliphatic carbocycles. The topological polar surface area (TPSA) is 44.7 Å². The second kappa shape index (κ2) is 12.6. The van der Waals surface area contributed by atoms with E-state index in [9.17, 15) is 5.11 Å². The summed E-state index contributed by atoms with van der Waals surface area (Å²) >= 11 is 0. The van der Waals surface area contributed by atoms with E-state index in [1.165, 1.54) is 6.42 Å². The van der Waals surface area contributed by atoms with Gasteiger partial charge >= 0.3 is 0 Å². The number of hydrogen-bond donors (Lipinski definition) is 2. The van der Waals surface area contributed by atoms with Crippen molar-refractivity contribution in [2.24, 2.45) is 5.92 Å². The highest BCUT2D eigenvalue weighted by Crippen LogP contribution is 2.03. The number of hydrogen-bond acceptors (Lipinski definition) is 4. The van der Waals surface area contributed by atoms with E-state index in [2.05, 4.69) is 45.0 Å². The molecule has 0 aromatic rings. The second-order valence-corrected chi connectivity index (χ2v) is 6.40. The van der Waals surface area contributed by atoms with Crippen LogP contribution in [0.3, 0.4) is 0 Å². The fraction of sp³-hybridized carbons (Fsp3) is 1.00. The van der Waals surface area contributed by atoms with E-state index in [1.807, 2.05) is 0 Å². The summed E-state index contributed by atoms with van der Waals surface area (Å²) in [6, 6.07) is 0.597. The zero-order chi connectivity index (χ0) is 15.4. The summed E-state index contributed by atoms with van der Waals surface area (Å²) in [6.45, 7) is 12.7. The maximum atomic E-state index is 9.76. The number of aliphatic hydroxyl groups is 1. The van der Waals surface area contributed by atoms with Crippen molar-refractivity contribution in [2.45, 2.75) is 59.1 Å². The normalized spacial score (nSPS) is 13.7. The summed E-state index contributed by atoms with van der Waals surface area (Å²) in [7, 11) is 2.14. The minimum atomic E-state index is -0.392. The summed E-state index contributed by atoms with van der Waals surface area (Å²) in [6.07, 6.45) is 2.99. The standard InChI is InChI=1S/C16H36N2O2/c1-14(2)8-6-11-20-13-16(19)12-17-9-7-10-18(5)15(3)4/h14-17,19H,6-13H2,1-5H3. The predicted molar refractivity (Wildman–Crippen MR) is 86.2 cm³/mol. The highest BCUT2D eigenvalue weighted by Gasteiger charge is 2.05. The molecule has 1 unspecified atom stereocenters. The Balaban J connectivity index is 3.30. The maximum absolute atomic E-state index is 9.76. The molecule has 122 valence electrons. The number of aliphatic hydroxyl groups excluding tert-OH is 1. The molecule has 0 aromatic carbocycles. The average molecular weight is 288 g/mol. The summed E-state index contributed by atoms with van der Waals surface area (Å²) in [5.74, 6) is 0.731. The van der Waals surface area contributed by atoms with Gasteiger partial charge in [-0.3, -0.25) is 0 Å². The van der Waals surface area contributed by atoms with Gasteiger partial charge in [-0.25, -0.2) is 0 Å². The number of nitrogens with one attached hydrogen (secondary N) is 1. The van der Waals surface area contributed by atoms with Gasteiger partial charge in [0.15, 0.2) is 0 Å². The molecule has 0 aromatic heterocycles. The lowest BCUT2D eigenvalue weighted by Crippen LogP contribution is -2.33. The van der Waals surface area contributed by atoms with Crippen LogP contribution in [0, 0.1) is 5.92 Å². The van der Waals surface area contributed by atoms with Gasteiger partial charge in [-0.05, 0) is 59.2 Å². The number of nitrogens with zero attached hydrogens (tertiary/aromatic N) is 1. The Labute approximate surface area is 125 Å². The molecule has 0 rings (SSSR count). The van der Waals surface area contributed by atoms with E-state index in [0.717, 1.165) is 38.5 Å². The van der Waals surface area contributed by atoms with Crippen LogP contribution in [0.1, 0.15) is 47.0 Å². The van der Waals surface area contributed by atoms with Crippen molar-refractivity contribution >= 4 is 0 Å². The third kappa shape index (κ3) is 12.9. The lowest BCUT2D eigenvalue weighted by molar-refractivity contribution is 0.0348. The van der Waals surface area contributed by atoms with E-state index in [1.54, 1.807) is 0 Å². The molecule has 0 radical (unpaired) electrons. The van der Waals surface area contributed by atoms with Gasteiger partial charge in [0.2, 0.25) is 0 Å². The molecular formula is C16H36N2O2. The lowest BCUT2D eigenvalue weighted by Gasteiger charge is -2.21. The number of ether oxygens (including phenoxy) is 1. The molecule has 20 heavy (non-hydrogen) atoms. The molecular weight excluding hydrogens is 252 g/mol. The van der Waals surface area contributed by atoms with Crippen molar-refractivity contribution < 1.29 is 9.84 Å². The fourth-order valence-corrected chi connectivity index (χ4v) is 1.85. The highest BCUT2D eigenvalue weighted by molar-refractivity contribution is 4.61. The van der Waals surface area contributed by atoms with Crippen LogP contribution < -0.4 is 5.32 Å². The van der Waals surface area contributed by atoms with Crippen molar-refractivity contribution in [1.82, 2.24) is 10.2 Å². The largest absolute Gasteiger partial charge is 0.389 e. The van der Waals surface area contributed by atoms with Crippen molar-refractivity contribution in [2.75, 3.05) is 39.9 Å². The molecule has 0 aliphatic heterocycles. The van der Waals surface area contributed by atoms with E-state index in [4.69, 9.17) is 4.74 Å². The SMILES string of the molecule is CC(C)CCCOCC(O)CNCCCN(C)C(C)C. The molecule has 1 atom stereocenters. The first-order chi connectivity index (χ1) is 9.43. The van der Waals surface area contributed by atoms with Crippen LogP contribution in [0.5, 0.6) is 0 Å². The Hall–Kier alpha value is -0.160. The smallest absolute Gasteiger partial charge is 0.0897 e. The van der Waals surface area contributed by atoms with Gasteiger partial charge < -0.3 is 20.1 Å². The van der Waals surface area contributed by atoms with Gasteiger partial charge in [-0.2, -0.15) is 0 Å². The molecule has 0 saturated carbocycles. The van der Waals surface area contributed by atoms with Gasteiger partial charge in [0, 0.05) is 19.2 Å². The first-order valence-electron chi connectivity index (χ1n) is 8.10. The lowest BCUT2D eigenvalue weighted by atomic mass is 10.1. The summed E-state index contributed by atoms with van der Waals surface area (Å²) in [5, 5.41) is 13.0. The molecule has 0 spiro atoms. The molecule has 0 saturated heterocycles. The Morgan fingerprint density at radius 1 is 1.15 bits per heavy atom.